The Morgan fingerprint density at radius 3 is 2.14 bits per heavy atom. The molecular formula is C26H49N3O5S. The third-order valence-corrected chi connectivity index (χ3v) is 7.07. The first-order chi connectivity index (χ1) is 16.6. The molecule has 0 saturated heterocycles. The van der Waals surface area contributed by atoms with Gasteiger partial charge in [0.25, 0.3) is 0 Å². The smallest absolute Gasteiger partial charge is 0.224 e. The summed E-state index contributed by atoms with van der Waals surface area (Å²) in [5.41, 5.74) is 5.56. The molecule has 0 aromatic carbocycles. The quantitative estimate of drug-likeness (QED) is 0.200. The van der Waals surface area contributed by atoms with Crippen LogP contribution >= 0.6 is 11.8 Å². The number of nitrogens with two attached hydrogens (primary N) is 1. The van der Waals surface area contributed by atoms with Gasteiger partial charge in [0.1, 0.15) is 0 Å². The van der Waals surface area contributed by atoms with Crippen LogP contribution in [0.1, 0.15) is 79.6 Å². The van der Waals surface area contributed by atoms with Gasteiger partial charge in [-0.1, -0.05) is 27.7 Å². The Bertz CT molecular complexity index is 644. The molecule has 0 saturated carbocycles. The van der Waals surface area contributed by atoms with Crippen LogP contribution in [0.3, 0.4) is 0 Å². The SMILES string of the molecule is CC[C@@H](C)C(=O)N[C@@H](CC(C)C)C(=O)CC(CCSCCOC)C(=O)N[C@@H](CCCCN)C(C)=O. The van der Waals surface area contributed by atoms with Crippen LogP contribution in [0.2, 0.25) is 0 Å². The van der Waals surface area contributed by atoms with E-state index in [-0.39, 0.29) is 41.6 Å². The molecule has 35 heavy (non-hydrogen) atoms. The molecular weight excluding hydrogens is 466 g/mol. The minimum absolute atomic E-state index is 0.0300. The maximum atomic E-state index is 13.3. The van der Waals surface area contributed by atoms with E-state index >= 15 is 0 Å². The Balaban J connectivity index is 5.45. The topological polar surface area (TPSA) is 128 Å². The molecule has 0 aromatic rings. The highest BCUT2D eigenvalue weighted by Gasteiger charge is 2.30. The number of ether oxygens (including phenoxy) is 1. The molecule has 4 atom stereocenters. The average Bonchev–Trinajstić information content (AvgIpc) is 2.80. The van der Waals surface area contributed by atoms with Crippen molar-refractivity contribution >= 4 is 35.1 Å². The van der Waals surface area contributed by atoms with Crippen LogP contribution in [-0.2, 0) is 23.9 Å². The summed E-state index contributed by atoms with van der Waals surface area (Å²) in [5.74, 6) is 0.295. The lowest BCUT2D eigenvalue weighted by molar-refractivity contribution is -0.134. The number of ketones is 2. The summed E-state index contributed by atoms with van der Waals surface area (Å²) in [4.78, 5) is 51.1. The normalized spacial score (nSPS) is 14.7. The van der Waals surface area contributed by atoms with Crippen LogP contribution < -0.4 is 16.4 Å². The summed E-state index contributed by atoms with van der Waals surface area (Å²) >= 11 is 1.66. The molecule has 1 unspecified atom stereocenters. The molecule has 0 heterocycles. The molecule has 0 radical (unpaired) electrons. The van der Waals surface area contributed by atoms with Gasteiger partial charge in [0.05, 0.1) is 18.7 Å². The third kappa shape index (κ3) is 15.3. The molecule has 9 heteroatoms. The van der Waals surface area contributed by atoms with Crippen molar-refractivity contribution in [2.24, 2.45) is 23.5 Å². The van der Waals surface area contributed by atoms with Gasteiger partial charge in [0.2, 0.25) is 11.8 Å². The number of nitrogens with one attached hydrogen (secondary N) is 2. The van der Waals surface area contributed by atoms with Gasteiger partial charge < -0.3 is 21.1 Å². The Hall–Kier alpha value is -1.45. The summed E-state index contributed by atoms with van der Waals surface area (Å²) in [7, 11) is 1.64. The number of Topliss-reactive ketones (excluding diaryl/α,β-unsaturated/α-hetero) is 2. The molecule has 2 amide bonds. The maximum absolute atomic E-state index is 13.3. The molecule has 0 aromatic heterocycles. The van der Waals surface area contributed by atoms with Gasteiger partial charge in [0, 0.05) is 31.1 Å². The van der Waals surface area contributed by atoms with Crippen LogP contribution in [0.5, 0.6) is 0 Å². The van der Waals surface area contributed by atoms with E-state index in [9.17, 15) is 19.2 Å². The van der Waals surface area contributed by atoms with Crippen LogP contribution in [0.4, 0.5) is 0 Å². The van der Waals surface area contributed by atoms with Gasteiger partial charge in [-0.3, -0.25) is 19.2 Å². The van der Waals surface area contributed by atoms with Crippen molar-refractivity contribution < 1.29 is 23.9 Å². The fraction of sp³-hybridized carbons (Fsp3) is 0.846. The van der Waals surface area contributed by atoms with Gasteiger partial charge >= 0.3 is 0 Å². The number of carbonyl (C=O) groups is 4. The number of thioether (sulfide) groups is 1. The van der Waals surface area contributed by atoms with Gasteiger partial charge in [-0.15, -0.1) is 0 Å². The van der Waals surface area contributed by atoms with Crippen molar-refractivity contribution in [3.63, 3.8) is 0 Å². The molecule has 0 fully saturated rings. The summed E-state index contributed by atoms with van der Waals surface area (Å²) in [6, 6.07) is -1.20. The van der Waals surface area contributed by atoms with Crippen LogP contribution in [-0.4, -0.2) is 67.2 Å². The average molecular weight is 516 g/mol. The minimum Gasteiger partial charge on any atom is -0.384 e. The number of amides is 2. The Kier molecular flexibility index (Phi) is 18.9. The van der Waals surface area contributed by atoms with Gasteiger partial charge in [0.15, 0.2) is 11.6 Å². The van der Waals surface area contributed by atoms with Gasteiger partial charge in [-0.2, -0.15) is 11.8 Å². The van der Waals surface area contributed by atoms with Crippen molar-refractivity contribution in [3.05, 3.63) is 0 Å². The monoisotopic (exact) mass is 515 g/mol. The maximum Gasteiger partial charge on any atom is 0.224 e. The van der Waals surface area contributed by atoms with Crippen LogP contribution in [0.25, 0.3) is 0 Å². The summed E-state index contributed by atoms with van der Waals surface area (Å²) in [5, 5.41) is 5.79. The molecule has 204 valence electrons. The van der Waals surface area contributed by atoms with Gasteiger partial charge in [-0.05, 0) is 63.7 Å². The van der Waals surface area contributed by atoms with Crippen LogP contribution in [0, 0.1) is 17.8 Å². The second-order valence-corrected chi connectivity index (χ2v) is 10.9. The van der Waals surface area contributed by atoms with Crippen molar-refractivity contribution in [1.82, 2.24) is 10.6 Å². The number of rotatable bonds is 21. The van der Waals surface area contributed by atoms with E-state index in [0.717, 1.165) is 18.6 Å². The van der Waals surface area contributed by atoms with Crippen molar-refractivity contribution in [2.45, 2.75) is 91.6 Å². The standard InChI is InChI=1S/C26H49N3O5S/c1-7-19(4)25(32)29-23(16-18(2)3)24(31)17-21(11-14-35-15-13-34-6)26(33)28-22(20(5)30)10-8-9-12-27/h18-19,21-23H,7-17,27H2,1-6H3,(H,28,33)(H,29,32)/t19-,21?,22+,23+/m1/s1. The lowest BCUT2D eigenvalue weighted by Crippen LogP contribution is -2.47. The van der Waals surface area contributed by atoms with Crippen molar-refractivity contribution in [3.8, 4) is 0 Å². The molecule has 4 N–H and O–H groups in total. The van der Waals surface area contributed by atoms with Crippen molar-refractivity contribution in [1.29, 1.82) is 0 Å². The Morgan fingerprint density at radius 2 is 1.60 bits per heavy atom. The first-order valence-corrected chi connectivity index (χ1v) is 14.1. The number of carbonyl (C=O) groups excluding carboxylic acids is 4. The Morgan fingerprint density at radius 1 is 0.943 bits per heavy atom. The lowest BCUT2D eigenvalue weighted by Gasteiger charge is -2.25. The number of unbranched alkanes of at least 4 members (excludes halogenated alkanes) is 1. The van der Waals surface area contributed by atoms with E-state index < -0.39 is 18.0 Å². The van der Waals surface area contributed by atoms with E-state index in [4.69, 9.17) is 10.5 Å². The van der Waals surface area contributed by atoms with E-state index in [0.29, 0.717) is 44.6 Å². The second-order valence-electron chi connectivity index (χ2n) is 9.72. The number of hydrogen-bond acceptors (Lipinski definition) is 7. The zero-order valence-corrected chi connectivity index (χ0v) is 23.5. The summed E-state index contributed by atoms with van der Waals surface area (Å²) in [6.45, 7) is 10.4. The predicted octanol–water partition coefficient (Wildman–Crippen LogP) is 3.11. The third-order valence-electron chi connectivity index (χ3n) is 6.09. The highest BCUT2D eigenvalue weighted by Crippen LogP contribution is 2.19. The zero-order chi connectivity index (χ0) is 26.8. The first-order valence-electron chi connectivity index (χ1n) is 13.0. The van der Waals surface area contributed by atoms with E-state index in [2.05, 4.69) is 10.6 Å². The fourth-order valence-electron chi connectivity index (χ4n) is 3.58. The summed E-state index contributed by atoms with van der Waals surface area (Å²) < 4.78 is 5.08. The minimum atomic E-state index is -0.624. The molecule has 0 bridgehead atoms. The van der Waals surface area contributed by atoms with E-state index in [1.807, 2.05) is 27.7 Å². The fourth-order valence-corrected chi connectivity index (χ4v) is 4.52. The van der Waals surface area contributed by atoms with Crippen LogP contribution in [0.15, 0.2) is 0 Å². The largest absolute Gasteiger partial charge is 0.384 e. The highest BCUT2D eigenvalue weighted by molar-refractivity contribution is 7.99. The first kappa shape index (κ1) is 33.5. The predicted molar refractivity (Wildman–Crippen MR) is 143 cm³/mol. The molecule has 0 aliphatic carbocycles. The number of hydrogen-bond donors (Lipinski definition) is 3. The Labute approximate surface area is 216 Å². The molecule has 0 aliphatic heterocycles. The van der Waals surface area contributed by atoms with Crippen molar-refractivity contribution in [2.75, 3.05) is 31.8 Å². The van der Waals surface area contributed by atoms with E-state index in [1.165, 1.54) is 6.92 Å². The highest BCUT2D eigenvalue weighted by atomic mass is 32.2. The summed E-state index contributed by atoms with van der Waals surface area (Å²) in [6.07, 6.45) is 3.81. The molecule has 8 nitrogen and oxygen atoms in total. The molecule has 0 rings (SSSR count). The lowest BCUT2D eigenvalue weighted by atomic mass is 9.90. The van der Waals surface area contributed by atoms with Gasteiger partial charge in [-0.25, -0.2) is 0 Å². The molecule has 0 aliphatic rings. The second kappa shape index (κ2) is 19.7. The zero-order valence-electron chi connectivity index (χ0n) is 22.7. The van der Waals surface area contributed by atoms with E-state index in [1.54, 1.807) is 18.9 Å². The molecule has 0 spiro atoms. The number of methoxy groups -OCH3 is 1.